The van der Waals surface area contributed by atoms with Gasteiger partial charge in [-0.3, -0.25) is 10.2 Å². The Balaban J connectivity index is 1.84. The SMILES string of the molecule is CCCN1CN=C(Nc2nc(C)c3cccc(OC)c3n2)NC1. The zero-order chi connectivity index (χ0) is 16.2. The number of aryl methyl sites for hydroxylation is 1. The fraction of sp³-hybridized carbons (Fsp3) is 0.438. The number of hydrogen-bond acceptors (Lipinski definition) is 7. The van der Waals surface area contributed by atoms with Gasteiger partial charge in [0.2, 0.25) is 11.9 Å². The van der Waals surface area contributed by atoms with Crippen LogP contribution in [0.2, 0.25) is 0 Å². The molecule has 23 heavy (non-hydrogen) atoms. The highest BCUT2D eigenvalue weighted by Gasteiger charge is 2.14. The third-order valence-electron chi connectivity index (χ3n) is 3.77. The second-order valence-electron chi connectivity index (χ2n) is 5.49. The lowest BCUT2D eigenvalue weighted by Gasteiger charge is -2.26. The topological polar surface area (TPSA) is 74.7 Å². The van der Waals surface area contributed by atoms with Crippen molar-refractivity contribution >= 4 is 22.8 Å². The number of nitrogens with one attached hydrogen (secondary N) is 2. The van der Waals surface area contributed by atoms with Crippen molar-refractivity contribution in [1.29, 1.82) is 0 Å². The summed E-state index contributed by atoms with van der Waals surface area (Å²) in [5.74, 6) is 1.96. The van der Waals surface area contributed by atoms with Crippen molar-refractivity contribution in [3.63, 3.8) is 0 Å². The van der Waals surface area contributed by atoms with Crippen molar-refractivity contribution in [2.24, 2.45) is 4.99 Å². The molecule has 2 heterocycles. The maximum Gasteiger partial charge on any atom is 0.230 e. The molecule has 1 aliphatic rings. The fourth-order valence-corrected chi connectivity index (χ4v) is 2.62. The van der Waals surface area contributed by atoms with Crippen LogP contribution in [0.1, 0.15) is 19.0 Å². The third kappa shape index (κ3) is 3.34. The summed E-state index contributed by atoms with van der Waals surface area (Å²) in [7, 11) is 1.65. The van der Waals surface area contributed by atoms with Gasteiger partial charge >= 0.3 is 0 Å². The predicted octanol–water partition coefficient (Wildman–Crippen LogP) is 1.94. The Morgan fingerprint density at radius 1 is 1.35 bits per heavy atom. The first-order valence-corrected chi connectivity index (χ1v) is 7.80. The van der Waals surface area contributed by atoms with Crippen molar-refractivity contribution in [3.05, 3.63) is 23.9 Å². The summed E-state index contributed by atoms with van der Waals surface area (Å²) >= 11 is 0. The molecule has 7 heteroatoms. The quantitative estimate of drug-likeness (QED) is 0.898. The highest BCUT2D eigenvalue weighted by Crippen LogP contribution is 2.26. The van der Waals surface area contributed by atoms with Crippen molar-refractivity contribution in [2.45, 2.75) is 20.3 Å². The molecule has 0 saturated carbocycles. The maximum absolute atomic E-state index is 5.40. The Bertz CT molecular complexity index is 730. The molecule has 1 aromatic heterocycles. The number of benzene rings is 1. The molecule has 2 N–H and O–H groups in total. The van der Waals surface area contributed by atoms with Gasteiger partial charge in [-0.15, -0.1) is 0 Å². The summed E-state index contributed by atoms with van der Waals surface area (Å²) in [4.78, 5) is 15.8. The first kappa shape index (κ1) is 15.5. The van der Waals surface area contributed by atoms with Gasteiger partial charge < -0.3 is 10.1 Å². The van der Waals surface area contributed by atoms with Crippen LogP contribution in [0.3, 0.4) is 0 Å². The number of ether oxygens (including phenoxy) is 1. The van der Waals surface area contributed by atoms with Crippen molar-refractivity contribution < 1.29 is 4.74 Å². The van der Waals surface area contributed by atoms with Crippen LogP contribution in [-0.4, -0.2) is 47.8 Å². The van der Waals surface area contributed by atoms with E-state index < -0.39 is 0 Å². The lowest BCUT2D eigenvalue weighted by atomic mass is 10.2. The Morgan fingerprint density at radius 3 is 2.91 bits per heavy atom. The molecule has 122 valence electrons. The normalized spacial score (nSPS) is 15.2. The first-order chi connectivity index (χ1) is 11.2. The van der Waals surface area contributed by atoms with Gasteiger partial charge in [-0.1, -0.05) is 19.1 Å². The van der Waals surface area contributed by atoms with E-state index in [1.807, 2.05) is 25.1 Å². The minimum atomic E-state index is 0.523. The Morgan fingerprint density at radius 2 is 2.22 bits per heavy atom. The van der Waals surface area contributed by atoms with Crippen LogP contribution in [0, 0.1) is 6.92 Å². The van der Waals surface area contributed by atoms with E-state index in [1.54, 1.807) is 7.11 Å². The van der Waals surface area contributed by atoms with Crippen LogP contribution in [0.25, 0.3) is 10.9 Å². The van der Waals surface area contributed by atoms with E-state index in [1.165, 1.54) is 0 Å². The van der Waals surface area contributed by atoms with Gasteiger partial charge in [0, 0.05) is 11.9 Å². The zero-order valence-electron chi connectivity index (χ0n) is 13.8. The average molecular weight is 314 g/mol. The summed E-state index contributed by atoms with van der Waals surface area (Å²) in [6.45, 7) is 6.62. The van der Waals surface area contributed by atoms with E-state index in [0.717, 1.165) is 42.0 Å². The summed E-state index contributed by atoms with van der Waals surface area (Å²) < 4.78 is 5.40. The minimum Gasteiger partial charge on any atom is -0.494 e. The number of anilines is 1. The molecule has 0 radical (unpaired) electrons. The van der Waals surface area contributed by atoms with Crippen LogP contribution < -0.4 is 15.4 Å². The van der Waals surface area contributed by atoms with Gasteiger partial charge in [0.05, 0.1) is 26.1 Å². The number of aliphatic imine (C=N–C) groups is 1. The minimum absolute atomic E-state index is 0.523. The number of rotatable bonds is 4. The van der Waals surface area contributed by atoms with Gasteiger partial charge in [-0.2, -0.15) is 0 Å². The Labute approximate surface area is 135 Å². The molecule has 7 nitrogen and oxygen atoms in total. The van der Waals surface area contributed by atoms with Gasteiger partial charge in [0.25, 0.3) is 0 Å². The number of nitrogens with zero attached hydrogens (tertiary/aromatic N) is 4. The van der Waals surface area contributed by atoms with E-state index in [4.69, 9.17) is 4.74 Å². The van der Waals surface area contributed by atoms with Crippen LogP contribution in [0.4, 0.5) is 5.95 Å². The van der Waals surface area contributed by atoms with Crippen LogP contribution in [0.15, 0.2) is 23.2 Å². The Hall–Kier alpha value is -2.41. The molecule has 2 aromatic rings. The van der Waals surface area contributed by atoms with Gasteiger partial charge in [0.15, 0.2) is 0 Å². The van der Waals surface area contributed by atoms with Crippen LogP contribution in [-0.2, 0) is 0 Å². The van der Waals surface area contributed by atoms with E-state index in [2.05, 4.69) is 37.4 Å². The molecule has 0 unspecified atom stereocenters. The molecule has 1 aromatic carbocycles. The lowest BCUT2D eigenvalue weighted by molar-refractivity contribution is 0.265. The highest BCUT2D eigenvalue weighted by atomic mass is 16.5. The molecule has 0 aliphatic carbocycles. The second kappa shape index (κ2) is 6.78. The lowest BCUT2D eigenvalue weighted by Crippen LogP contribution is -2.46. The third-order valence-corrected chi connectivity index (χ3v) is 3.77. The van der Waals surface area contributed by atoms with E-state index >= 15 is 0 Å². The van der Waals surface area contributed by atoms with Gasteiger partial charge in [-0.05, 0) is 19.4 Å². The van der Waals surface area contributed by atoms with Gasteiger partial charge in [0.1, 0.15) is 11.3 Å². The molecule has 0 spiro atoms. The average Bonchev–Trinajstić information content (AvgIpc) is 2.56. The standard InChI is InChI=1S/C16H22N6O/c1-4-8-22-9-17-15(18-10-22)21-16-19-11(2)12-6-5-7-13(23-3)14(12)20-16/h5-7H,4,8-10H2,1-3H3,(H2,17,18,19,20,21). The molecular formula is C16H22N6O. The molecule has 1 aliphatic heterocycles. The zero-order valence-corrected chi connectivity index (χ0v) is 13.8. The van der Waals surface area contributed by atoms with Gasteiger partial charge in [-0.25, -0.2) is 15.0 Å². The van der Waals surface area contributed by atoms with E-state index in [9.17, 15) is 0 Å². The number of hydrogen-bond donors (Lipinski definition) is 2. The molecule has 0 amide bonds. The summed E-state index contributed by atoms with van der Waals surface area (Å²) in [5.41, 5.74) is 1.70. The number of para-hydroxylation sites is 1. The van der Waals surface area contributed by atoms with Crippen molar-refractivity contribution in [1.82, 2.24) is 20.2 Å². The number of methoxy groups -OCH3 is 1. The smallest absolute Gasteiger partial charge is 0.230 e. The number of fused-ring (bicyclic) bond motifs is 1. The Kier molecular flexibility index (Phi) is 4.57. The molecule has 0 bridgehead atoms. The maximum atomic E-state index is 5.40. The molecule has 0 atom stereocenters. The van der Waals surface area contributed by atoms with E-state index in [-0.39, 0.29) is 0 Å². The van der Waals surface area contributed by atoms with Crippen molar-refractivity contribution in [2.75, 3.05) is 32.3 Å². The summed E-state index contributed by atoms with van der Waals surface area (Å²) in [6, 6.07) is 5.84. The van der Waals surface area contributed by atoms with Crippen LogP contribution >= 0.6 is 0 Å². The number of guanidine groups is 1. The molecule has 3 rings (SSSR count). The largest absolute Gasteiger partial charge is 0.494 e. The molecular weight excluding hydrogens is 292 g/mol. The molecule has 0 fully saturated rings. The predicted molar refractivity (Wildman–Crippen MR) is 91.8 cm³/mol. The first-order valence-electron chi connectivity index (χ1n) is 7.80. The van der Waals surface area contributed by atoms with Crippen molar-refractivity contribution in [3.8, 4) is 5.75 Å². The highest BCUT2D eigenvalue weighted by molar-refractivity contribution is 5.94. The summed E-state index contributed by atoms with van der Waals surface area (Å²) in [6.07, 6.45) is 1.12. The second-order valence-corrected chi connectivity index (χ2v) is 5.49. The van der Waals surface area contributed by atoms with E-state index in [0.29, 0.717) is 18.6 Å². The number of aromatic nitrogens is 2. The monoisotopic (exact) mass is 314 g/mol. The fourth-order valence-electron chi connectivity index (χ4n) is 2.62. The van der Waals surface area contributed by atoms with Crippen LogP contribution in [0.5, 0.6) is 5.75 Å². The molecule has 0 saturated heterocycles. The summed E-state index contributed by atoms with van der Waals surface area (Å²) in [5, 5.41) is 7.40.